The molecule has 0 saturated heterocycles. The number of carbonyl (C=O) groups is 3. The molecule has 0 aliphatic heterocycles. The Labute approximate surface area is 235 Å². The van der Waals surface area contributed by atoms with E-state index in [2.05, 4.69) is 16.0 Å². The zero-order valence-corrected chi connectivity index (χ0v) is 22.0. The van der Waals surface area contributed by atoms with Crippen LogP contribution in [0.4, 0.5) is 30.2 Å². The number of hydrogen-bond acceptors (Lipinski definition) is 4. The first-order chi connectivity index (χ1) is 19.6. The summed E-state index contributed by atoms with van der Waals surface area (Å²) in [5.74, 6) is -1.20. The van der Waals surface area contributed by atoms with Gasteiger partial charge in [0.25, 0.3) is 11.8 Å². The summed E-state index contributed by atoms with van der Waals surface area (Å²) < 4.78 is 38.9. The molecule has 0 bridgehead atoms. The van der Waals surface area contributed by atoms with E-state index in [1.807, 2.05) is 30.3 Å². The van der Waals surface area contributed by atoms with Crippen molar-refractivity contribution < 1.29 is 27.6 Å². The molecule has 0 aliphatic carbocycles. The minimum absolute atomic E-state index is 0.00423. The number of amides is 3. The van der Waals surface area contributed by atoms with E-state index < -0.39 is 23.6 Å². The molecule has 0 spiro atoms. The van der Waals surface area contributed by atoms with Crippen LogP contribution < -0.4 is 16.0 Å². The smallest absolute Gasteiger partial charge is 0.376 e. The molecule has 7 nitrogen and oxygen atoms in total. The Morgan fingerprint density at radius 2 is 1.32 bits per heavy atom. The lowest BCUT2D eigenvalue weighted by Crippen LogP contribution is -2.26. The molecule has 0 atom stereocenters. The first kappa shape index (κ1) is 28.9. The number of nitrogens with one attached hydrogen (secondary N) is 3. The highest BCUT2D eigenvalue weighted by molar-refractivity contribution is 6.05. The van der Waals surface area contributed by atoms with E-state index in [9.17, 15) is 27.6 Å². The maximum absolute atomic E-state index is 13.0. The van der Waals surface area contributed by atoms with Gasteiger partial charge in [-0.05, 0) is 60.2 Å². The van der Waals surface area contributed by atoms with E-state index in [-0.39, 0.29) is 23.7 Å². The topological polar surface area (TPSA) is 90.5 Å². The third-order valence-electron chi connectivity index (χ3n) is 6.03. The highest BCUT2D eigenvalue weighted by Gasteiger charge is 2.30. The summed E-state index contributed by atoms with van der Waals surface area (Å²) in [5.41, 5.74) is 1.65. The van der Waals surface area contributed by atoms with Gasteiger partial charge in [0.1, 0.15) is 0 Å². The SMILES string of the molecule is CN(Cc1ccccc1)C(=O)c1cccc(NCC(=O)Nc2cccc(C(=O)Nc3cccc(C(F)(F)F)c3)c2)c1. The lowest BCUT2D eigenvalue weighted by Gasteiger charge is -2.18. The Hall–Kier alpha value is -5.12. The number of anilines is 3. The third-order valence-corrected chi connectivity index (χ3v) is 6.03. The van der Waals surface area contributed by atoms with Gasteiger partial charge in [0, 0.05) is 41.8 Å². The maximum Gasteiger partial charge on any atom is 0.416 e. The molecule has 0 aliphatic rings. The molecule has 0 unspecified atom stereocenters. The van der Waals surface area contributed by atoms with Gasteiger partial charge in [-0.1, -0.05) is 48.5 Å². The number of alkyl halides is 3. The largest absolute Gasteiger partial charge is 0.416 e. The Bertz CT molecular complexity index is 1540. The van der Waals surface area contributed by atoms with Crippen molar-refractivity contribution in [2.75, 3.05) is 29.5 Å². The van der Waals surface area contributed by atoms with Crippen molar-refractivity contribution in [1.82, 2.24) is 4.90 Å². The highest BCUT2D eigenvalue weighted by atomic mass is 19.4. The van der Waals surface area contributed by atoms with Crippen molar-refractivity contribution in [3.05, 3.63) is 125 Å². The quantitative estimate of drug-likeness (QED) is 0.225. The standard InChI is InChI=1S/C31H27F3N4O3/c1-38(20-21-8-3-2-4-9-21)30(41)23-11-6-13-25(17-23)35-19-28(39)36-26-14-5-10-22(16-26)29(40)37-27-15-7-12-24(18-27)31(32,33)34/h2-18,35H,19-20H2,1H3,(H,36,39)(H,37,40). The summed E-state index contributed by atoms with van der Waals surface area (Å²) in [5, 5.41) is 8.10. The number of halogens is 3. The minimum atomic E-state index is -4.53. The van der Waals surface area contributed by atoms with Crippen molar-refractivity contribution in [2.45, 2.75) is 12.7 Å². The molecule has 4 aromatic carbocycles. The van der Waals surface area contributed by atoms with Crippen LogP contribution in [-0.2, 0) is 17.5 Å². The van der Waals surface area contributed by atoms with Gasteiger partial charge in [-0.2, -0.15) is 13.2 Å². The molecule has 4 rings (SSSR count). The van der Waals surface area contributed by atoms with Crippen LogP contribution in [0.25, 0.3) is 0 Å². The van der Waals surface area contributed by atoms with Gasteiger partial charge in [0.2, 0.25) is 5.91 Å². The fourth-order valence-corrected chi connectivity index (χ4v) is 4.01. The molecule has 0 fully saturated rings. The number of nitrogens with zero attached hydrogens (tertiary/aromatic N) is 1. The zero-order chi connectivity index (χ0) is 29.4. The second-order valence-corrected chi connectivity index (χ2v) is 9.24. The van der Waals surface area contributed by atoms with Crippen molar-refractivity contribution >= 4 is 34.8 Å². The fraction of sp³-hybridized carbons (Fsp3) is 0.129. The molecule has 0 radical (unpaired) electrons. The molecule has 0 aromatic heterocycles. The number of hydrogen-bond donors (Lipinski definition) is 3. The van der Waals surface area contributed by atoms with Gasteiger partial charge < -0.3 is 20.9 Å². The van der Waals surface area contributed by atoms with Crippen molar-refractivity contribution in [3.8, 4) is 0 Å². The monoisotopic (exact) mass is 560 g/mol. The average Bonchev–Trinajstić information content (AvgIpc) is 2.96. The molecule has 3 N–H and O–H groups in total. The molecule has 10 heteroatoms. The number of rotatable bonds is 9. The van der Waals surface area contributed by atoms with Crippen LogP contribution in [0.3, 0.4) is 0 Å². The summed E-state index contributed by atoms with van der Waals surface area (Å²) in [7, 11) is 1.72. The Morgan fingerprint density at radius 1 is 0.707 bits per heavy atom. The van der Waals surface area contributed by atoms with Crippen molar-refractivity contribution in [2.24, 2.45) is 0 Å². The second kappa shape index (κ2) is 12.8. The van der Waals surface area contributed by atoms with Crippen LogP contribution in [0.15, 0.2) is 103 Å². The van der Waals surface area contributed by atoms with Crippen molar-refractivity contribution in [3.63, 3.8) is 0 Å². The van der Waals surface area contributed by atoms with Crippen LogP contribution in [0.1, 0.15) is 31.8 Å². The van der Waals surface area contributed by atoms with Gasteiger partial charge >= 0.3 is 6.18 Å². The molecule has 3 amide bonds. The molecule has 4 aromatic rings. The summed E-state index contributed by atoms with van der Waals surface area (Å²) in [6.45, 7) is 0.342. The van der Waals surface area contributed by atoms with E-state index in [1.165, 1.54) is 24.3 Å². The van der Waals surface area contributed by atoms with E-state index in [0.29, 0.717) is 23.5 Å². The first-order valence-electron chi connectivity index (χ1n) is 12.6. The van der Waals surface area contributed by atoms with Crippen LogP contribution in [0.5, 0.6) is 0 Å². The van der Waals surface area contributed by atoms with E-state index >= 15 is 0 Å². The normalized spacial score (nSPS) is 10.9. The minimum Gasteiger partial charge on any atom is -0.376 e. The van der Waals surface area contributed by atoms with E-state index in [4.69, 9.17) is 0 Å². The van der Waals surface area contributed by atoms with E-state index in [0.717, 1.165) is 17.7 Å². The molecular formula is C31H27F3N4O3. The Kier molecular flexibility index (Phi) is 9.03. The molecule has 41 heavy (non-hydrogen) atoms. The predicted molar refractivity (Wildman–Crippen MR) is 152 cm³/mol. The summed E-state index contributed by atoms with van der Waals surface area (Å²) in [4.78, 5) is 39.7. The number of carbonyl (C=O) groups excluding carboxylic acids is 3. The molecular weight excluding hydrogens is 533 g/mol. The molecule has 0 saturated carbocycles. The molecule has 0 heterocycles. The summed E-state index contributed by atoms with van der Waals surface area (Å²) in [6, 6.07) is 26.8. The second-order valence-electron chi connectivity index (χ2n) is 9.24. The Balaban J connectivity index is 1.32. The lowest BCUT2D eigenvalue weighted by atomic mass is 10.1. The van der Waals surface area contributed by atoms with Gasteiger partial charge in [-0.15, -0.1) is 0 Å². The average molecular weight is 561 g/mol. The van der Waals surface area contributed by atoms with Gasteiger partial charge in [0.05, 0.1) is 12.1 Å². The highest BCUT2D eigenvalue weighted by Crippen LogP contribution is 2.30. The van der Waals surface area contributed by atoms with Crippen LogP contribution >= 0.6 is 0 Å². The van der Waals surface area contributed by atoms with Crippen LogP contribution in [-0.4, -0.2) is 36.2 Å². The first-order valence-corrected chi connectivity index (χ1v) is 12.6. The van der Waals surface area contributed by atoms with Gasteiger partial charge in [-0.25, -0.2) is 0 Å². The number of benzene rings is 4. The zero-order valence-electron chi connectivity index (χ0n) is 22.0. The van der Waals surface area contributed by atoms with Crippen LogP contribution in [0.2, 0.25) is 0 Å². The fourth-order valence-electron chi connectivity index (χ4n) is 4.01. The van der Waals surface area contributed by atoms with E-state index in [1.54, 1.807) is 48.3 Å². The van der Waals surface area contributed by atoms with Crippen LogP contribution in [0, 0.1) is 0 Å². The lowest BCUT2D eigenvalue weighted by molar-refractivity contribution is -0.137. The van der Waals surface area contributed by atoms with Gasteiger partial charge in [0.15, 0.2) is 0 Å². The summed E-state index contributed by atoms with van der Waals surface area (Å²) >= 11 is 0. The Morgan fingerprint density at radius 3 is 2.02 bits per heavy atom. The van der Waals surface area contributed by atoms with Gasteiger partial charge in [-0.3, -0.25) is 14.4 Å². The maximum atomic E-state index is 13.0. The molecule has 210 valence electrons. The predicted octanol–water partition coefficient (Wildman–Crippen LogP) is 6.28. The third kappa shape index (κ3) is 8.18. The van der Waals surface area contributed by atoms with Crippen molar-refractivity contribution in [1.29, 1.82) is 0 Å². The summed E-state index contributed by atoms with van der Waals surface area (Å²) in [6.07, 6.45) is -4.53.